The third kappa shape index (κ3) is 7.96. The molecule has 0 unspecified atom stereocenters. The molecule has 180 valence electrons. The summed E-state index contributed by atoms with van der Waals surface area (Å²) in [5.74, 6) is 2.36. The van der Waals surface area contributed by atoms with Gasteiger partial charge >= 0.3 is 0 Å². The molecule has 35 heavy (non-hydrogen) atoms. The molecule has 4 rings (SSSR count). The van der Waals surface area contributed by atoms with Crippen molar-refractivity contribution in [3.8, 4) is 0 Å². The average Bonchev–Trinajstić information content (AvgIpc) is 2.90. The Morgan fingerprint density at radius 1 is 0.457 bits per heavy atom. The SMILES string of the molecule is CSCCc1ccc(Cc2ccccc2Sc2ccccc2Cc2ccc(CCSC)cc2)cc1. The Kier molecular flexibility index (Phi) is 10.3. The second kappa shape index (κ2) is 13.9. The topological polar surface area (TPSA) is 0 Å². The lowest BCUT2D eigenvalue weighted by Gasteiger charge is -2.13. The molecule has 0 fully saturated rings. The predicted molar refractivity (Wildman–Crippen MR) is 160 cm³/mol. The van der Waals surface area contributed by atoms with E-state index in [-0.39, 0.29) is 0 Å². The van der Waals surface area contributed by atoms with Gasteiger partial charge in [0, 0.05) is 9.79 Å². The summed E-state index contributed by atoms with van der Waals surface area (Å²) in [6.07, 6.45) is 8.56. The molecule has 4 aromatic carbocycles. The smallest absolute Gasteiger partial charge is 0.0157 e. The lowest BCUT2D eigenvalue weighted by atomic mass is 10.0. The fraction of sp³-hybridized carbons (Fsp3) is 0.250. The van der Waals surface area contributed by atoms with Crippen molar-refractivity contribution >= 4 is 35.3 Å². The van der Waals surface area contributed by atoms with E-state index in [0.717, 1.165) is 25.7 Å². The summed E-state index contributed by atoms with van der Waals surface area (Å²) < 4.78 is 0. The number of thioether (sulfide) groups is 2. The zero-order valence-corrected chi connectivity index (χ0v) is 23.2. The zero-order valence-electron chi connectivity index (χ0n) is 20.7. The second-order valence-electron chi connectivity index (χ2n) is 8.79. The summed E-state index contributed by atoms with van der Waals surface area (Å²) in [5, 5.41) is 0. The first kappa shape index (κ1) is 26.0. The van der Waals surface area contributed by atoms with Crippen molar-refractivity contribution in [3.63, 3.8) is 0 Å². The molecule has 0 aliphatic heterocycles. The molecule has 0 saturated heterocycles. The fourth-order valence-electron chi connectivity index (χ4n) is 4.14. The van der Waals surface area contributed by atoms with Crippen LogP contribution in [0.1, 0.15) is 33.4 Å². The first-order valence-corrected chi connectivity index (χ1v) is 15.8. The lowest BCUT2D eigenvalue weighted by molar-refractivity contribution is 1.09. The summed E-state index contributed by atoms with van der Waals surface area (Å²) in [6, 6.07) is 36.1. The van der Waals surface area contributed by atoms with E-state index in [1.165, 1.54) is 54.7 Å². The molecule has 0 nitrogen and oxygen atoms in total. The van der Waals surface area contributed by atoms with Gasteiger partial charge in [-0.1, -0.05) is 96.7 Å². The Morgan fingerprint density at radius 3 is 1.23 bits per heavy atom. The van der Waals surface area contributed by atoms with Crippen LogP contribution < -0.4 is 0 Å². The first-order valence-electron chi connectivity index (χ1n) is 12.2. The van der Waals surface area contributed by atoms with Gasteiger partial charge in [-0.2, -0.15) is 23.5 Å². The quantitative estimate of drug-likeness (QED) is 0.185. The van der Waals surface area contributed by atoms with E-state index in [1.54, 1.807) is 0 Å². The molecule has 0 radical (unpaired) electrons. The summed E-state index contributed by atoms with van der Waals surface area (Å²) in [7, 11) is 0. The van der Waals surface area contributed by atoms with E-state index >= 15 is 0 Å². The van der Waals surface area contributed by atoms with Gasteiger partial charge in [0.15, 0.2) is 0 Å². The highest BCUT2D eigenvalue weighted by Gasteiger charge is 2.10. The van der Waals surface area contributed by atoms with Crippen molar-refractivity contribution in [2.75, 3.05) is 24.0 Å². The molecule has 3 heteroatoms. The number of aryl methyl sites for hydroxylation is 2. The van der Waals surface area contributed by atoms with Crippen molar-refractivity contribution in [3.05, 3.63) is 130 Å². The minimum absolute atomic E-state index is 0.964. The maximum absolute atomic E-state index is 2.30. The molecular formula is C32H34S3. The number of hydrogen-bond donors (Lipinski definition) is 0. The molecule has 0 heterocycles. The fourth-order valence-corrected chi connectivity index (χ4v) is 6.10. The molecule has 0 aromatic heterocycles. The van der Waals surface area contributed by atoms with Crippen LogP contribution in [0.5, 0.6) is 0 Å². The van der Waals surface area contributed by atoms with E-state index in [4.69, 9.17) is 0 Å². The summed E-state index contributed by atoms with van der Waals surface area (Å²) >= 11 is 5.72. The molecule has 4 aromatic rings. The highest BCUT2D eigenvalue weighted by atomic mass is 32.2. The van der Waals surface area contributed by atoms with Gasteiger partial charge in [-0.25, -0.2) is 0 Å². The van der Waals surface area contributed by atoms with Gasteiger partial charge in [-0.15, -0.1) is 0 Å². The second-order valence-corrected chi connectivity index (χ2v) is 11.8. The van der Waals surface area contributed by atoms with Crippen LogP contribution in [0.2, 0.25) is 0 Å². The molecule has 0 N–H and O–H groups in total. The van der Waals surface area contributed by atoms with Crippen molar-refractivity contribution in [1.29, 1.82) is 0 Å². The molecule has 0 aliphatic rings. The Hall–Kier alpha value is -2.07. The summed E-state index contributed by atoms with van der Waals surface area (Å²) in [5.41, 5.74) is 8.39. The number of rotatable bonds is 12. The molecule has 0 atom stereocenters. The Balaban J connectivity index is 1.47. The molecule has 0 amide bonds. The van der Waals surface area contributed by atoms with E-state index in [9.17, 15) is 0 Å². The van der Waals surface area contributed by atoms with Gasteiger partial charge in [0.2, 0.25) is 0 Å². The van der Waals surface area contributed by atoms with Crippen LogP contribution in [-0.4, -0.2) is 24.0 Å². The standard InChI is InChI=1S/C32H34S3/c1-33-21-19-25-11-15-27(16-12-25)23-29-7-3-5-9-31(29)35-32-10-6-4-8-30(32)24-28-17-13-26(14-18-28)20-22-34-2/h3-18H,19-24H2,1-2H3. The van der Waals surface area contributed by atoms with Gasteiger partial charge < -0.3 is 0 Å². The monoisotopic (exact) mass is 514 g/mol. The Bertz CT molecular complexity index is 1090. The number of hydrogen-bond acceptors (Lipinski definition) is 3. The van der Waals surface area contributed by atoms with Crippen LogP contribution in [0, 0.1) is 0 Å². The zero-order chi connectivity index (χ0) is 24.3. The van der Waals surface area contributed by atoms with Gasteiger partial charge in [0.1, 0.15) is 0 Å². The minimum atomic E-state index is 0.964. The molecular weight excluding hydrogens is 481 g/mol. The third-order valence-electron chi connectivity index (χ3n) is 6.19. The predicted octanol–water partition coefficient (Wildman–Crippen LogP) is 8.83. The van der Waals surface area contributed by atoms with Gasteiger partial charge in [-0.3, -0.25) is 0 Å². The van der Waals surface area contributed by atoms with Crippen LogP contribution in [0.25, 0.3) is 0 Å². The van der Waals surface area contributed by atoms with E-state index in [1.807, 2.05) is 35.3 Å². The molecule has 0 spiro atoms. The van der Waals surface area contributed by atoms with Crippen molar-refractivity contribution in [1.82, 2.24) is 0 Å². The highest BCUT2D eigenvalue weighted by molar-refractivity contribution is 7.99. The normalized spacial score (nSPS) is 11.0. The molecule has 0 saturated carbocycles. The molecule has 0 aliphatic carbocycles. The number of benzene rings is 4. The van der Waals surface area contributed by atoms with Crippen LogP contribution in [0.4, 0.5) is 0 Å². The average molecular weight is 515 g/mol. The third-order valence-corrected chi connectivity index (χ3v) is 8.65. The van der Waals surface area contributed by atoms with Crippen molar-refractivity contribution < 1.29 is 0 Å². The van der Waals surface area contributed by atoms with Crippen molar-refractivity contribution in [2.24, 2.45) is 0 Å². The van der Waals surface area contributed by atoms with Gasteiger partial charge in [0.05, 0.1) is 0 Å². The largest absolute Gasteiger partial charge is 0.165 e. The van der Waals surface area contributed by atoms with E-state index in [2.05, 4.69) is 110 Å². The lowest BCUT2D eigenvalue weighted by Crippen LogP contribution is -1.95. The maximum Gasteiger partial charge on any atom is 0.0157 e. The Labute approximate surface area is 224 Å². The van der Waals surface area contributed by atoms with Gasteiger partial charge in [0.25, 0.3) is 0 Å². The van der Waals surface area contributed by atoms with E-state index < -0.39 is 0 Å². The van der Waals surface area contributed by atoms with Crippen LogP contribution in [0.15, 0.2) is 107 Å². The van der Waals surface area contributed by atoms with Crippen LogP contribution in [0.3, 0.4) is 0 Å². The highest BCUT2D eigenvalue weighted by Crippen LogP contribution is 2.34. The van der Waals surface area contributed by atoms with E-state index in [0.29, 0.717) is 0 Å². The Morgan fingerprint density at radius 2 is 0.829 bits per heavy atom. The van der Waals surface area contributed by atoms with Crippen molar-refractivity contribution in [2.45, 2.75) is 35.5 Å². The van der Waals surface area contributed by atoms with Crippen LogP contribution >= 0.6 is 35.3 Å². The van der Waals surface area contributed by atoms with Gasteiger partial charge in [-0.05, 0) is 95.2 Å². The maximum atomic E-state index is 2.30. The minimum Gasteiger partial charge on any atom is -0.165 e. The summed E-state index contributed by atoms with van der Waals surface area (Å²) in [6.45, 7) is 0. The first-order chi connectivity index (χ1) is 17.2. The summed E-state index contributed by atoms with van der Waals surface area (Å²) in [4.78, 5) is 2.69. The van der Waals surface area contributed by atoms with Crippen LogP contribution in [-0.2, 0) is 25.7 Å². The molecule has 0 bridgehead atoms.